The minimum Gasteiger partial charge on any atom is -0.257 e. The molecule has 0 aromatic carbocycles. The molecule has 0 saturated carbocycles. The Morgan fingerprint density at radius 2 is 0.909 bits per heavy atom. The number of nitrogens with one attached hydrogen (secondary N) is 4. The van der Waals surface area contributed by atoms with Crippen LogP contribution in [0.1, 0.15) is 0 Å². The second-order valence-electron chi connectivity index (χ2n) is 2.91. The van der Waals surface area contributed by atoms with Crippen LogP contribution < -0.4 is 21.7 Å². The van der Waals surface area contributed by atoms with Crippen LogP contribution in [0.5, 0.6) is 0 Å². The maximum atomic E-state index is 3.12. The number of rotatable bonds is 0. The Morgan fingerprint density at radius 1 is 0.636 bits per heavy atom. The number of hydrogen-bond donors (Lipinski definition) is 4. The molecular weight excluding hydrogens is 187 g/mol. The van der Waals surface area contributed by atoms with Crippen LogP contribution >= 0.6 is 24.8 Å². The maximum absolute atomic E-state index is 3.12. The van der Waals surface area contributed by atoms with Crippen molar-refractivity contribution in [2.45, 2.75) is 0 Å². The van der Waals surface area contributed by atoms with E-state index in [1.54, 1.807) is 0 Å². The average Bonchev–Trinajstić information content (AvgIpc) is 2.45. The molecule has 11 heavy (non-hydrogen) atoms. The molecule has 1 spiro atoms. The summed E-state index contributed by atoms with van der Waals surface area (Å²) in [5.74, 6) is 0. The van der Waals surface area contributed by atoms with Crippen LogP contribution in [0, 0.1) is 5.41 Å². The van der Waals surface area contributed by atoms with Gasteiger partial charge in [-0.3, -0.25) is 21.7 Å². The van der Waals surface area contributed by atoms with E-state index in [0.29, 0.717) is 5.41 Å². The zero-order valence-electron chi connectivity index (χ0n) is 6.14. The first-order valence-electron chi connectivity index (χ1n) is 3.33. The first-order valence-corrected chi connectivity index (χ1v) is 3.33. The van der Waals surface area contributed by atoms with Crippen LogP contribution in [0.15, 0.2) is 0 Å². The third-order valence-corrected chi connectivity index (χ3v) is 2.10. The first-order chi connectivity index (χ1) is 4.41. The van der Waals surface area contributed by atoms with Gasteiger partial charge in [0, 0.05) is 31.6 Å². The number of hydrazine groups is 2. The summed E-state index contributed by atoms with van der Waals surface area (Å²) < 4.78 is 0. The van der Waals surface area contributed by atoms with Gasteiger partial charge in [0.2, 0.25) is 0 Å². The second kappa shape index (κ2) is 4.45. The van der Waals surface area contributed by atoms with Crippen molar-refractivity contribution in [3.8, 4) is 0 Å². The van der Waals surface area contributed by atoms with E-state index in [1.165, 1.54) is 0 Å². The normalized spacial score (nSPS) is 26.2. The van der Waals surface area contributed by atoms with Gasteiger partial charge in [0.05, 0.1) is 0 Å². The minimum atomic E-state index is 0. The Bertz CT molecular complexity index is 91.5. The fraction of sp³-hybridized carbons (Fsp3) is 1.00. The zero-order valence-corrected chi connectivity index (χ0v) is 7.78. The van der Waals surface area contributed by atoms with Crippen LogP contribution in [0.25, 0.3) is 0 Å². The molecule has 0 amide bonds. The molecule has 2 aliphatic heterocycles. The van der Waals surface area contributed by atoms with Crippen LogP contribution in [-0.4, -0.2) is 26.2 Å². The Morgan fingerprint density at radius 3 is 1.18 bits per heavy atom. The van der Waals surface area contributed by atoms with E-state index in [9.17, 15) is 0 Å². The van der Waals surface area contributed by atoms with E-state index in [4.69, 9.17) is 0 Å². The molecule has 2 saturated heterocycles. The standard InChI is InChI=1S/C5H12N4.2ClH/c1-5(2-7-6-1)3-8-9-4-5;;/h6-9H,1-4H2;2*1H. The monoisotopic (exact) mass is 200 g/mol. The summed E-state index contributed by atoms with van der Waals surface area (Å²) >= 11 is 0. The van der Waals surface area contributed by atoms with Gasteiger partial charge in [-0.1, -0.05) is 0 Å². The molecule has 6 heteroatoms. The van der Waals surface area contributed by atoms with Gasteiger partial charge in [-0.05, 0) is 0 Å². The summed E-state index contributed by atoms with van der Waals surface area (Å²) in [7, 11) is 0. The van der Waals surface area contributed by atoms with Crippen LogP contribution in [0.4, 0.5) is 0 Å². The van der Waals surface area contributed by atoms with Crippen LogP contribution in [-0.2, 0) is 0 Å². The van der Waals surface area contributed by atoms with E-state index in [0.717, 1.165) is 26.2 Å². The highest BCUT2D eigenvalue weighted by Gasteiger charge is 2.36. The molecule has 0 aliphatic carbocycles. The fourth-order valence-electron chi connectivity index (χ4n) is 1.37. The Labute approximate surface area is 78.6 Å². The number of hydrogen-bond acceptors (Lipinski definition) is 4. The lowest BCUT2D eigenvalue weighted by molar-refractivity contribution is 0.413. The molecule has 0 atom stereocenters. The maximum Gasteiger partial charge on any atom is 0.0257 e. The smallest absolute Gasteiger partial charge is 0.0257 e. The minimum absolute atomic E-state index is 0. The van der Waals surface area contributed by atoms with Crippen molar-refractivity contribution in [3.63, 3.8) is 0 Å². The molecule has 2 rings (SSSR count). The molecule has 68 valence electrons. The predicted molar refractivity (Wildman–Crippen MR) is 48.9 cm³/mol. The number of halogens is 2. The topological polar surface area (TPSA) is 48.1 Å². The molecule has 4 N–H and O–H groups in total. The largest absolute Gasteiger partial charge is 0.257 e. The molecular formula is C5H14Cl2N4. The lowest BCUT2D eigenvalue weighted by Crippen LogP contribution is -2.31. The average molecular weight is 201 g/mol. The van der Waals surface area contributed by atoms with Crippen molar-refractivity contribution in [2.75, 3.05) is 26.2 Å². The van der Waals surface area contributed by atoms with Gasteiger partial charge in [-0.25, -0.2) is 0 Å². The third-order valence-electron chi connectivity index (χ3n) is 2.10. The van der Waals surface area contributed by atoms with Crippen molar-refractivity contribution in [1.29, 1.82) is 0 Å². The summed E-state index contributed by atoms with van der Waals surface area (Å²) in [6.07, 6.45) is 0. The van der Waals surface area contributed by atoms with E-state index in [-0.39, 0.29) is 24.8 Å². The summed E-state index contributed by atoms with van der Waals surface area (Å²) in [4.78, 5) is 0. The SMILES string of the molecule is C1NNCC12CNNC2.Cl.Cl. The van der Waals surface area contributed by atoms with Crippen molar-refractivity contribution in [2.24, 2.45) is 5.41 Å². The highest BCUT2D eigenvalue weighted by Crippen LogP contribution is 2.17. The van der Waals surface area contributed by atoms with Crippen molar-refractivity contribution >= 4 is 24.8 Å². The van der Waals surface area contributed by atoms with Crippen molar-refractivity contribution < 1.29 is 0 Å². The lowest BCUT2D eigenvalue weighted by Gasteiger charge is -2.16. The molecule has 0 bridgehead atoms. The van der Waals surface area contributed by atoms with Crippen LogP contribution in [0.2, 0.25) is 0 Å². The van der Waals surface area contributed by atoms with Gasteiger partial charge in [-0.15, -0.1) is 24.8 Å². The molecule has 0 aromatic rings. The summed E-state index contributed by atoms with van der Waals surface area (Å²) in [5, 5.41) is 0. The quantitative estimate of drug-likeness (QED) is 0.407. The fourth-order valence-corrected chi connectivity index (χ4v) is 1.37. The predicted octanol–water partition coefficient (Wildman–Crippen LogP) is -0.968. The first kappa shape index (κ1) is 11.4. The molecule has 2 aliphatic rings. The molecule has 2 heterocycles. The zero-order chi connectivity index (χ0) is 6.16. The van der Waals surface area contributed by atoms with Gasteiger partial charge < -0.3 is 0 Å². The van der Waals surface area contributed by atoms with Gasteiger partial charge in [-0.2, -0.15) is 0 Å². The highest BCUT2D eigenvalue weighted by molar-refractivity contribution is 5.85. The van der Waals surface area contributed by atoms with Crippen molar-refractivity contribution in [3.05, 3.63) is 0 Å². The van der Waals surface area contributed by atoms with Gasteiger partial charge in [0.1, 0.15) is 0 Å². The lowest BCUT2D eigenvalue weighted by atomic mass is 9.91. The molecule has 0 radical (unpaired) electrons. The second-order valence-corrected chi connectivity index (χ2v) is 2.91. The summed E-state index contributed by atoms with van der Waals surface area (Å²) in [6, 6.07) is 0. The Balaban J connectivity index is 0.000000500. The van der Waals surface area contributed by atoms with Crippen molar-refractivity contribution in [1.82, 2.24) is 21.7 Å². The van der Waals surface area contributed by atoms with Gasteiger partial charge in [0.15, 0.2) is 0 Å². The molecule has 2 fully saturated rings. The van der Waals surface area contributed by atoms with Gasteiger partial charge in [0.25, 0.3) is 0 Å². The van der Waals surface area contributed by atoms with Crippen LogP contribution in [0.3, 0.4) is 0 Å². The van der Waals surface area contributed by atoms with Gasteiger partial charge >= 0.3 is 0 Å². The molecule has 0 aromatic heterocycles. The van der Waals surface area contributed by atoms with E-state index < -0.39 is 0 Å². The highest BCUT2D eigenvalue weighted by atomic mass is 35.5. The Kier molecular flexibility index (Phi) is 4.62. The molecule has 4 nitrogen and oxygen atoms in total. The summed E-state index contributed by atoms with van der Waals surface area (Å²) in [5.41, 5.74) is 12.9. The molecule has 0 unspecified atom stereocenters. The van der Waals surface area contributed by atoms with E-state index in [2.05, 4.69) is 21.7 Å². The van der Waals surface area contributed by atoms with E-state index >= 15 is 0 Å². The summed E-state index contributed by atoms with van der Waals surface area (Å²) in [6.45, 7) is 4.31. The Hall–Kier alpha value is 0.420. The third kappa shape index (κ3) is 2.18. The van der Waals surface area contributed by atoms with E-state index in [1.807, 2.05) is 0 Å².